The van der Waals surface area contributed by atoms with Crippen molar-refractivity contribution in [2.75, 3.05) is 26.7 Å². The summed E-state index contributed by atoms with van der Waals surface area (Å²) in [5.74, 6) is 1.45. The SMILES string of the molecule is CC(C)CC1CCN(C(=O)CN(C)C(=O)OC(C)(C)C)CC1. The van der Waals surface area contributed by atoms with E-state index in [1.54, 1.807) is 7.05 Å². The van der Waals surface area contributed by atoms with Crippen LogP contribution in [-0.4, -0.2) is 54.1 Å². The van der Waals surface area contributed by atoms with Crippen LogP contribution in [0.15, 0.2) is 0 Å². The fourth-order valence-electron chi connectivity index (χ4n) is 2.79. The molecule has 1 saturated heterocycles. The number of likely N-dealkylation sites (tertiary alicyclic amines) is 1. The molecule has 1 fully saturated rings. The number of carbonyl (C=O) groups is 2. The van der Waals surface area contributed by atoms with E-state index < -0.39 is 11.7 Å². The second-order valence-corrected chi connectivity index (χ2v) is 7.79. The molecule has 1 aliphatic heterocycles. The smallest absolute Gasteiger partial charge is 0.410 e. The summed E-state index contributed by atoms with van der Waals surface area (Å²) in [6.07, 6.45) is 2.93. The summed E-state index contributed by atoms with van der Waals surface area (Å²) in [4.78, 5) is 27.4. The quantitative estimate of drug-likeness (QED) is 0.801. The van der Waals surface area contributed by atoms with Gasteiger partial charge in [-0.1, -0.05) is 13.8 Å². The number of piperidine rings is 1. The second kappa shape index (κ2) is 7.84. The number of ether oxygens (including phenoxy) is 1. The van der Waals surface area contributed by atoms with E-state index in [1.807, 2.05) is 25.7 Å². The van der Waals surface area contributed by atoms with Crippen molar-refractivity contribution in [3.8, 4) is 0 Å². The van der Waals surface area contributed by atoms with Gasteiger partial charge in [0.25, 0.3) is 0 Å². The van der Waals surface area contributed by atoms with Crippen molar-refractivity contribution in [1.29, 1.82) is 0 Å². The predicted molar refractivity (Wildman–Crippen MR) is 87.6 cm³/mol. The maximum Gasteiger partial charge on any atom is 0.410 e. The molecule has 0 spiro atoms. The summed E-state index contributed by atoms with van der Waals surface area (Å²) in [5, 5.41) is 0. The van der Waals surface area contributed by atoms with Gasteiger partial charge in [0.05, 0.1) is 0 Å². The van der Waals surface area contributed by atoms with Gasteiger partial charge in [0.2, 0.25) is 5.91 Å². The maximum atomic E-state index is 12.3. The molecular formula is C17H32N2O3. The summed E-state index contributed by atoms with van der Waals surface area (Å²) in [5.41, 5.74) is -0.538. The fraction of sp³-hybridized carbons (Fsp3) is 0.882. The van der Waals surface area contributed by atoms with E-state index in [2.05, 4.69) is 13.8 Å². The standard InChI is InChI=1S/C17H32N2O3/c1-13(2)11-14-7-9-19(10-8-14)15(20)12-18(6)16(21)22-17(3,4)5/h13-14H,7-12H2,1-6H3. The van der Waals surface area contributed by atoms with Gasteiger partial charge in [-0.15, -0.1) is 0 Å². The van der Waals surface area contributed by atoms with Crippen LogP contribution >= 0.6 is 0 Å². The Morgan fingerprint density at radius 3 is 2.23 bits per heavy atom. The summed E-state index contributed by atoms with van der Waals surface area (Å²) in [6.45, 7) is 11.6. The molecule has 128 valence electrons. The van der Waals surface area contributed by atoms with Crippen LogP contribution in [0.3, 0.4) is 0 Å². The third-order valence-electron chi connectivity index (χ3n) is 3.85. The van der Waals surface area contributed by atoms with E-state index in [0.717, 1.165) is 31.8 Å². The minimum atomic E-state index is -0.538. The Kier molecular flexibility index (Phi) is 6.69. The zero-order valence-corrected chi connectivity index (χ0v) is 15.0. The van der Waals surface area contributed by atoms with Crippen LogP contribution in [0.2, 0.25) is 0 Å². The number of hydrogen-bond donors (Lipinski definition) is 0. The number of hydrogen-bond acceptors (Lipinski definition) is 3. The second-order valence-electron chi connectivity index (χ2n) is 7.79. The molecule has 0 radical (unpaired) electrons. The third-order valence-corrected chi connectivity index (χ3v) is 3.85. The molecule has 0 aromatic rings. The first-order valence-corrected chi connectivity index (χ1v) is 8.30. The molecule has 1 rings (SSSR count). The van der Waals surface area contributed by atoms with E-state index in [-0.39, 0.29) is 12.5 Å². The Balaban J connectivity index is 2.38. The molecule has 0 aromatic heterocycles. The molecule has 0 saturated carbocycles. The molecule has 0 aromatic carbocycles. The van der Waals surface area contributed by atoms with Crippen molar-refractivity contribution < 1.29 is 14.3 Å². The minimum absolute atomic E-state index is 0.0105. The van der Waals surface area contributed by atoms with Gasteiger partial charge in [-0.25, -0.2) is 4.79 Å². The molecule has 5 heteroatoms. The summed E-state index contributed by atoms with van der Waals surface area (Å²) < 4.78 is 5.26. The lowest BCUT2D eigenvalue weighted by Crippen LogP contribution is -2.45. The van der Waals surface area contributed by atoms with Crippen LogP contribution in [0.4, 0.5) is 4.79 Å². The zero-order valence-electron chi connectivity index (χ0n) is 15.0. The van der Waals surface area contributed by atoms with Crippen LogP contribution < -0.4 is 0 Å². The van der Waals surface area contributed by atoms with Crippen molar-refractivity contribution in [3.63, 3.8) is 0 Å². The number of rotatable bonds is 4. The highest BCUT2D eigenvalue weighted by molar-refractivity contribution is 5.82. The Labute approximate surface area is 135 Å². The van der Waals surface area contributed by atoms with E-state index in [0.29, 0.717) is 5.92 Å². The van der Waals surface area contributed by atoms with Gasteiger partial charge in [-0.3, -0.25) is 4.79 Å². The molecule has 2 amide bonds. The maximum absolute atomic E-state index is 12.3. The molecule has 0 aliphatic carbocycles. The van der Waals surface area contributed by atoms with Crippen LogP contribution in [-0.2, 0) is 9.53 Å². The van der Waals surface area contributed by atoms with Gasteiger partial charge in [0.1, 0.15) is 12.1 Å². The van der Waals surface area contributed by atoms with Crippen molar-refractivity contribution in [2.45, 2.75) is 59.5 Å². The van der Waals surface area contributed by atoms with Crippen LogP contribution in [0, 0.1) is 11.8 Å². The molecule has 0 atom stereocenters. The normalized spacial score (nSPS) is 16.8. The molecule has 22 heavy (non-hydrogen) atoms. The molecule has 1 aliphatic rings. The van der Waals surface area contributed by atoms with Crippen molar-refractivity contribution >= 4 is 12.0 Å². The molecular weight excluding hydrogens is 280 g/mol. The molecule has 0 unspecified atom stereocenters. The highest BCUT2D eigenvalue weighted by Crippen LogP contribution is 2.24. The summed E-state index contributed by atoms with van der Waals surface area (Å²) >= 11 is 0. The van der Waals surface area contributed by atoms with Crippen molar-refractivity contribution in [1.82, 2.24) is 9.80 Å². The largest absolute Gasteiger partial charge is 0.444 e. The Bertz CT molecular complexity index is 380. The van der Waals surface area contributed by atoms with Gasteiger partial charge >= 0.3 is 6.09 Å². The first-order valence-electron chi connectivity index (χ1n) is 8.30. The number of amides is 2. The lowest BCUT2D eigenvalue weighted by Gasteiger charge is -2.34. The summed E-state index contributed by atoms with van der Waals surface area (Å²) in [7, 11) is 1.61. The Morgan fingerprint density at radius 2 is 1.77 bits per heavy atom. The topological polar surface area (TPSA) is 49.9 Å². The molecule has 0 bridgehead atoms. The van der Waals surface area contributed by atoms with Gasteiger partial charge in [-0.2, -0.15) is 0 Å². The van der Waals surface area contributed by atoms with Gasteiger partial charge in [0.15, 0.2) is 0 Å². The first-order chi connectivity index (χ1) is 10.1. The predicted octanol–water partition coefficient (Wildman–Crippen LogP) is 3.14. The van der Waals surface area contributed by atoms with E-state index >= 15 is 0 Å². The van der Waals surface area contributed by atoms with Crippen LogP contribution in [0.25, 0.3) is 0 Å². The molecule has 5 nitrogen and oxygen atoms in total. The lowest BCUT2D eigenvalue weighted by molar-refractivity contribution is -0.133. The van der Waals surface area contributed by atoms with E-state index in [4.69, 9.17) is 4.74 Å². The molecule has 1 heterocycles. The lowest BCUT2D eigenvalue weighted by atomic mass is 9.88. The Hall–Kier alpha value is -1.26. The Morgan fingerprint density at radius 1 is 1.23 bits per heavy atom. The van der Waals surface area contributed by atoms with Crippen LogP contribution in [0.1, 0.15) is 53.9 Å². The van der Waals surface area contributed by atoms with Crippen LogP contribution in [0.5, 0.6) is 0 Å². The zero-order chi connectivity index (χ0) is 16.9. The minimum Gasteiger partial charge on any atom is -0.444 e. The number of nitrogens with zero attached hydrogens (tertiary/aromatic N) is 2. The average molecular weight is 312 g/mol. The van der Waals surface area contributed by atoms with Crippen molar-refractivity contribution in [3.05, 3.63) is 0 Å². The summed E-state index contributed by atoms with van der Waals surface area (Å²) in [6, 6.07) is 0. The van der Waals surface area contributed by atoms with E-state index in [1.165, 1.54) is 11.3 Å². The van der Waals surface area contributed by atoms with Crippen molar-refractivity contribution in [2.24, 2.45) is 11.8 Å². The van der Waals surface area contributed by atoms with Gasteiger partial charge < -0.3 is 14.5 Å². The third kappa shape index (κ3) is 6.67. The number of likely N-dealkylation sites (N-methyl/N-ethyl adjacent to an activating group) is 1. The highest BCUT2D eigenvalue weighted by Gasteiger charge is 2.26. The average Bonchev–Trinajstić information content (AvgIpc) is 2.36. The van der Waals surface area contributed by atoms with E-state index in [9.17, 15) is 9.59 Å². The number of carbonyl (C=O) groups excluding carboxylic acids is 2. The first kappa shape index (κ1) is 18.8. The fourth-order valence-corrected chi connectivity index (χ4v) is 2.79. The monoisotopic (exact) mass is 312 g/mol. The van der Waals surface area contributed by atoms with Gasteiger partial charge in [-0.05, 0) is 51.9 Å². The molecule has 0 N–H and O–H groups in total. The highest BCUT2D eigenvalue weighted by atomic mass is 16.6. The van der Waals surface area contributed by atoms with Gasteiger partial charge in [0, 0.05) is 20.1 Å².